The van der Waals surface area contributed by atoms with E-state index in [4.69, 9.17) is 0 Å². The van der Waals surface area contributed by atoms with Crippen molar-refractivity contribution in [3.8, 4) is 11.4 Å². The van der Waals surface area contributed by atoms with Crippen molar-refractivity contribution < 1.29 is 17.6 Å². The molecule has 3 aromatic rings. The summed E-state index contributed by atoms with van der Waals surface area (Å²) in [5.74, 6) is -1.27. The summed E-state index contributed by atoms with van der Waals surface area (Å²) in [7, 11) is 0. The van der Waals surface area contributed by atoms with Gasteiger partial charge in [-0.2, -0.15) is 13.2 Å². The van der Waals surface area contributed by atoms with E-state index in [2.05, 4.69) is 25.9 Å². The molecule has 21 heavy (non-hydrogen) atoms. The van der Waals surface area contributed by atoms with Gasteiger partial charge in [0.2, 0.25) is 0 Å². The lowest BCUT2D eigenvalue weighted by Gasteiger charge is -2.09. The molecule has 0 aliphatic heterocycles. The summed E-state index contributed by atoms with van der Waals surface area (Å²) in [5, 5.41) is 0. The van der Waals surface area contributed by atoms with Gasteiger partial charge in [0, 0.05) is 4.47 Å². The minimum Gasteiger partial charge on any atom is -0.338 e. The highest BCUT2D eigenvalue weighted by Gasteiger charge is 2.35. The molecule has 2 nitrogen and oxygen atoms in total. The van der Waals surface area contributed by atoms with Crippen LogP contribution in [0.1, 0.15) is 5.56 Å². The highest BCUT2D eigenvalue weighted by Crippen LogP contribution is 2.35. The Kier molecular flexibility index (Phi) is 3.24. The van der Waals surface area contributed by atoms with Crippen molar-refractivity contribution in [1.82, 2.24) is 9.97 Å². The van der Waals surface area contributed by atoms with Crippen molar-refractivity contribution in [3.05, 3.63) is 52.3 Å². The van der Waals surface area contributed by atoms with Crippen LogP contribution in [0.25, 0.3) is 22.4 Å². The van der Waals surface area contributed by atoms with E-state index in [0.717, 1.165) is 10.5 Å². The maximum absolute atomic E-state index is 14.1. The van der Waals surface area contributed by atoms with Crippen molar-refractivity contribution in [3.63, 3.8) is 0 Å². The predicted molar refractivity (Wildman–Crippen MR) is 74.2 cm³/mol. The van der Waals surface area contributed by atoms with Crippen LogP contribution < -0.4 is 0 Å². The van der Waals surface area contributed by atoms with Crippen LogP contribution in [-0.4, -0.2) is 9.97 Å². The monoisotopic (exact) mass is 358 g/mol. The fourth-order valence-corrected chi connectivity index (χ4v) is 2.40. The van der Waals surface area contributed by atoms with Gasteiger partial charge in [0.1, 0.15) is 11.6 Å². The normalized spacial score (nSPS) is 12.0. The molecule has 0 fully saturated rings. The van der Waals surface area contributed by atoms with Gasteiger partial charge < -0.3 is 4.98 Å². The van der Waals surface area contributed by atoms with Crippen LogP contribution in [0.15, 0.2) is 40.9 Å². The number of nitrogens with zero attached hydrogens (tertiary/aromatic N) is 1. The molecule has 0 aliphatic rings. The molecule has 1 N–H and O–H groups in total. The number of aromatic nitrogens is 2. The van der Waals surface area contributed by atoms with Crippen molar-refractivity contribution in [2.24, 2.45) is 0 Å². The second-order valence-electron chi connectivity index (χ2n) is 4.41. The number of imidazole rings is 1. The van der Waals surface area contributed by atoms with Gasteiger partial charge in [-0.15, -0.1) is 0 Å². The topological polar surface area (TPSA) is 28.7 Å². The number of alkyl halides is 3. The molecular formula is C14H7BrF4N2. The molecule has 0 saturated carbocycles. The minimum absolute atomic E-state index is 0.0618. The van der Waals surface area contributed by atoms with Crippen LogP contribution in [0.2, 0.25) is 0 Å². The van der Waals surface area contributed by atoms with Gasteiger partial charge in [0.25, 0.3) is 0 Å². The number of nitrogens with one attached hydrogen (secondary N) is 1. The first kappa shape index (κ1) is 14.1. The van der Waals surface area contributed by atoms with Crippen molar-refractivity contribution >= 4 is 27.0 Å². The number of benzene rings is 2. The van der Waals surface area contributed by atoms with Crippen molar-refractivity contribution in [1.29, 1.82) is 0 Å². The van der Waals surface area contributed by atoms with Crippen LogP contribution in [0.5, 0.6) is 0 Å². The lowest BCUT2D eigenvalue weighted by Crippen LogP contribution is -2.08. The zero-order valence-corrected chi connectivity index (χ0v) is 11.9. The second-order valence-corrected chi connectivity index (χ2v) is 5.33. The SMILES string of the molecule is Fc1c(-c2nc3ccc(Br)cc3[nH]2)cccc1C(F)(F)F. The predicted octanol–water partition coefficient (Wildman–Crippen LogP) is 5.15. The van der Waals surface area contributed by atoms with E-state index in [1.165, 1.54) is 6.07 Å². The number of rotatable bonds is 1. The average Bonchev–Trinajstić information content (AvgIpc) is 2.80. The van der Waals surface area contributed by atoms with E-state index in [9.17, 15) is 17.6 Å². The fraction of sp³-hybridized carbons (Fsp3) is 0.0714. The van der Waals surface area contributed by atoms with Crippen LogP contribution in [-0.2, 0) is 6.18 Å². The van der Waals surface area contributed by atoms with Crippen LogP contribution >= 0.6 is 15.9 Å². The maximum atomic E-state index is 14.1. The molecule has 0 saturated heterocycles. The highest BCUT2D eigenvalue weighted by atomic mass is 79.9. The summed E-state index contributed by atoms with van der Waals surface area (Å²) >= 11 is 3.28. The summed E-state index contributed by atoms with van der Waals surface area (Å²) in [4.78, 5) is 6.95. The molecule has 0 radical (unpaired) electrons. The van der Waals surface area contributed by atoms with Gasteiger partial charge in [0.05, 0.1) is 22.2 Å². The molecular weight excluding hydrogens is 352 g/mol. The molecule has 2 aromatic carbocycles. The average molecular weight is 359 g/mol. The van der Waals surface area contributed by atoms with Gasteiger partial charge in [-0.05, 0) is 30.3 Å². The van der Waals surface area contributed by atoms with Crippen LogP contribution in [0.3, 0.4) is 0 Å². The molecule has 1 heterocycles. The van der Waals surface area contributed by atoms with Crippen LogP contribution in [0.4, 0.5) is 17.6 Å². The van der Waals surface area contributed by atoms with Gasteiger partial charge in [-0.25, -0.2) is 9.37 Å². The number of hydrogen-bond acceptors (Lipinski definition) is 1. The quantitative estimate of drug-likeness (QED) is 0.598. The van der Waals surface area contributed by atoms with Crippen molar-refractivity contribution in [2.75, 3.05) is 0 Å². The first-order chi connectivity index (χ1) is 9.86. The van der Waals surface area contributed by atoms with Gasteiger partial charge in [-0.1, -0.05) is 22.0 Å². The summed E-state index contributed by atoms with van der Waals surface area (Å²) in [5.41, 5.74) is -0.361. The number of halogens is 5. The molecule has 0 spiro atoms. The first-order valence-corrected chi connectivity index (χ1v) is 6.67. The molecule has 0 unspecified atom stereocenters. The molecule has 7 heteroatoms. The lowest BCUT2D eigenvalue weighted by atomic mass is 10.1. The van der Waals surface area contributed by atoms with Gasteiger partial charge >= 0.3 is 6.18 Å². The van der Waals surface area contributed by atoms with Gasteiger partial charge in [-0.3, -0.25) is 0 Å². The zero-order valence-electron chi connectivity index (χ0n) is 10.3. The summed E-state index contributed by atoms with van der Waals surface area (Å²) in [6, 6.07) is 8.28. The van der Waals surface area contributed by atoms with Crippen molar-refractivity contribution in [2.45, 2.75) is 6.18 Å². The molecule has 3 rings (SSSR count). The van der Waals surface area contributed by atoms with E-state index < -0.39 is 17.6 Å². The summed E-state index contributed by atoms with van der Waals surface area (Å²) in [6.07, 6.45) is -4.74. The zero-order chi connectivity index (χ0) is 15.2. The van der Waals surface area contributed by atoms with Crippen LogP contribution in [0, 0.1) is 5.82 Å². The molecule has 0 aliphatic carbocycles. The van der Waals surface area contributed by atoms with E-state index in [0.29, 0.717) is 17.1 Å². The third-order valence-corrected chi connectivity index (χ3v) is 3.50. The molecule has 1 aromatic heterocycles. The van der Waals surface area contributed by atoms with E-state index >= 15 is 0 Å². The third-order valence-electron chi connectivity index (χ3n) is 3.00. The Labute approximate surface area is 124 Å². The van der Waals surface area contributed by atoms with E-state index in [-0.39, 0.29) is 11.4 Å². The standard InChI is InChI=1S/C14H7BrF4N2/c15-7-4-5-10-11(6-7)21-13(20-10)8-2-1-3-9(12(8)16)14(17,18)19/h1-6H,(H,20,21). The number of H-pyrrole nitrogens is 1. The second kappa shape index (κ2) is 4.84. The summed E-state index contributed by atoms with van der Waals surface area (Å²) in [6.45, 7) is 0. The Balaban J connectivity index is 2.19. The maximum Gasteiger partial charge on any atom is 0.419 e. The third kappa shape index (κ3) is 2.53. The van der Waals surface area contributed by atoms with E-state index in [1.54, 1.807) is 18.2 Å². The molecule has 108 valence electrons. The first-order valence-electron chi connectivity index (χ1n) is 5.87. The number of aromatic amines is 1. The fourth-order valence-electron chi connectivity index (χ4n) is 2.04. The number of fused-ring (bicyclic) bond motifs is 1. The highest BCUT2D eigenvalue weighted by molar-refractivity contribution is 9.10. The Bertz CT molecular complexity index is 823. The molecule has 0 amide bonds. The Hall–Kier alpha value is -1.89. The smallest absolute Gasteiger partial charge is 0.338 e. The molecule has 0 bridgehead atoms. The minimum atomic E-state index is -4.74. The largest absolute Gasteiger partial charge is 0.419 e. The molecule has 0 atom stereocenters. The summed E-state index contributed by atoms with van der Waals surface area (Å²) < 4.78 is 53.0. The van der Waals surface area contributed by atoms with Gasteiger partial charge in [0.15, 0.2) is 0 Å². The lowest BCUT2D eigenvalue weighted by molar-refractivity contribution is -0.139. The Morgan fingerprint density at radius 3 is 2.57 bits per heavy atom. The number of hydrogen-bond donors (Lipinski definition) is 1. The van der Waals surface area contributed by atoms with E-state index in [1.807, 2.05) is 0 Å². The Morgan fingerprint density at radius 2 is 1.86 bits per heavy atom. The Morgan fingerprint density at radius 1 is 1.10 bits per heavy atom.